The highest BCUT2D eigenvalue weighted by atomic mass is 79.9. The Balaban J connectivity index is 1.78. The molecule has 0 spiro atoms. The molecule has 0 unspecified atom stereocenters. The van der Waals surface area contributed by atoms with Crippen LogP contribution in [0.15, 0.2) is 12.1 Å². The normalized spacial score (nSPS) is 26.0. The van der Waals surface area contributed by atoms with Crippen molar-refractivity contribution in [2.45, 2.75) is 37.2 Å². The Kier molecular flexibility index (Phi) is 6.12. The number of hydrogen-bond acceptors (Lipinski definition) is 0. The zero-order chi connectivity index (χ0) is 15.8. The first-order valence-electron chi connectivity index (χ1n) is 7.78. The fourth-order valence-electron chi connectivity index (χ4n) is 3.34. The summed E-state index contributed by atoms with van der Waals surface area (Å²) in [5.74, 6) is 7.40. The fraction of sp³-hybridized carbons (Fsp3) is 0.625. The maximum Gasteiger partial charge on any atom is 0.0450 e. The van der Waals surface area contributed by atoms with Crippen LogP contribution in [0.25, 0.3) is 0 Å². The van der Waals surface area contributed by atoms with Gasteiger partial charge in [0.15, 0.2) is 0 Å². The lowest BCUT2D eigenvalue weighted by atomic mass is 10.2. The average molecular weight is 509 g/mol. The minimum atomic E-state index is -0.678. The Labute approximate surface area is 162 Å². The molecule has 2 saturated heterocycles. The first-order chi connectivity index (χ1) is 10.4. The van der Waals surface area contributed by atoms with E-state index >= 15 is 0 Å². The predicted molar refractivity (Wildman–Crippen MR) is 115 cm³/mol. The summed E-state index contributed by atoms with van der Waals surface area (Å²) in [6.45, 7) is 0. The highest BCUT2D eigenvalue weighted by Gasteiger charge is 2.29. The summed E-state index contributed by atoms with van der Waals surface area (Å²) in [4.78, 5) is 0. The van der Waals surface area contributed by atoms with Gasteiger partial charge in [-0.2, -0.15) is 16.9 Å². The maximum absolute atomic E-state index is 6.60. The van der Waals surface area contributed by atoms with E-state index in [1.807, 2.05) is 0 Å². The SMILES string of the molecule is Clc1cc(CS2(Br)CCCC2)c(Cl)cc1CS1(Br)CCCC1. The molecule has 126 valence electrons. The lowest BCUT2D eigenvalue weighted by Gasteiger charge is -2.30. The van der Waals surface area contributed by atoms with Gasteiger partial charge >= 0.3 is 0 Å². The monoisotopic (exact) mass is 506 g/mol. The molecule has 0 saturated carbocycles. The molecule has 0 amide bonds. The lowest BCUT2D eigenvalue weighted by molar-refractivity contribution is 0.949. The molecule has 3 rings (SSSR count). The van der Waals surface area contributed by atoms with Crippen molar-refractivity contribution in [1.29, 1.82) is 0 Å². The van der Waals surface area contributed by atoms with Crippen molar-refractivity contribution >= 4 is 69.8 Å². The van der Waals surface area contributed by atoms with Crippen LogP contribution in [-0.2, 0) is 11.5 Å². The highest BCUT2D eigenvalue weighted by Crippen LogP contribution is 2.64. The van der Waals surface area contributed by atoms with Gasteiger partial charge in [-0.05, 0) is 102 Å². The number of hydrogen-bond donors (Lipinski definition) is 0. The summed E-state index contributed by atoms with van der Waals surface area (Å²) >= 11 is 21.2. The van der Waals surface area contributed by atoms with Crippen molar-refractivity contribution in [3.63, 3.8) is 0 Å². The number of benzene rings is 1. The summed E-state index contributed by atoms with van der Waals surface area (Å²) in [6.07, 6.45) is 5.39. The molecule has 2 aliphatic rings. The van der Waals surface area contributed by atoms with Crippen LogP contribution in [-0.4, -0.2) is 23.0 Å². The third kappa shape index (κ3) is 4.35. The van der Waals surface area contributed by atoms with Gasteiger partial charge in [0.1, 0.15) is 0 Å². The minimum Gasteiger partial charge on any atom is -0.179 e. The Morgan fingerprint density at radius 1 is 0.727 bits per heavy atom. The Morgan fingerprint density at radius 3 is 1.36 bits per heavy atom. The fourth-order valence-corrected chi connectivity index (χ4v) is 13.7. The first-order valence-corrected chi connectivity index (χ1v) is 16.5. The van der Waals surface area contributed by atoms with E-state index in [0.717, 1.165) is 21.6 Å². The van der Waals surface area contributed by atoms with Crippen molar-refractivity contribution in [2.24, 2.45) is 0 Å². The summed E-state index contributed by atoms with van der Waals surface area (Å²) in [6, 6.07) is 4.27. The van der Waals surface area contributed by atoms with Crippen LogP contribution in [0.1, 0.15) is 36.8 Å². The smallest absolute Gasteiger partial charge is 0.0450 e. The van der Waals surface area contributed by atoms with Gasteiger partial charge in [0.25, 0.3) is 0 Å². The van der Waals surface area contributed by atoms with Gasteiger partial charge in [-0.15, -0.1) is 0 Å². The van der Waals surface area contributed by atoms with E-state index in [-0.39, 0.29) is 0 Å². The Hall–Kier alpha value is 1.46. The van der Waals surface area contributed by atoms with Gasteiger partial charge in [-0.3, -0.25) is 0 Å². The molecule has 2 heterocycles. The molecule has 1 aromatic rings. The average Bonchev–Trinajstić information content (AvgIpc) is 3.05. The summed E-state index contributed by atoms with van der Waals surface area (Å²) in [5, 5.41) is 1.82. The zero-order valence-corrected chi connectivity index (χ0v) is 18.9. The van der Waals surface area contributed by atoms with Crippen molar-refractivity contribution < 1.29 is 0 Å². The molecule has 1 aromatic carbocycles. The molecule has 2 fully saturated rings. The molecular formula is C16H22Br2Cl2S2. The largest absolute Gasteiger partial charge is 0.179 e. The molecule has 0 aliphatic carbocycles. The van der Waals surface area contributed by atoms with E-state index in [1.54, 1.807) is 0 Å². The van der Waals surface area contributed by atoms with Crippen molar-refractivity contribution in [3.05, 3.63) is 33.3 Å². The molecule has 6 heteroatoms. The predicted octanol–water partition coefficient (Wildman–Crippen LogP) is 7.81. The number of rotatable bonds is 4. The molecule has 22 heavy (non-hydrogen) atoms. The first kappa shape index (κ1) is 18.3. The quantitative estimate of drug-likeness (QED) is 0.389. The van der Waals surface area contributed by atoms with Crippen molar-refractivity contribution in [3.8, 4) is 0 Å². The second-order valence-corrected chi connectivity index (χ2v) is 21.5. The van der Waals surface area contributed by atoms with E-state index in [2.05, 4.69) is 41.8 Å². The third-order valence-corrected chi connectivity index (χ3v) is 16.3. The van der Waals surface area contributed by atoms with Gasteiger partial charge in [-0.1, -0.05) is 23.2 Å². The molecule has 0 atom stereocenters. The molecule has 0 N–H and O–H groups in total. The van der Waals surface area contributed by atoms with Crippen LogP contribution in [0.5, 0.6) is 0 Å². The standard InChI is InChI=1S/C16H22Br2Cl2S2/c17-21(5-1-2-6-21)11-13-9-16(20)14(10-15(13)19)12-22(18)7-3-4-8-22/h9-10H,1-8,11-12H2. The van der Waals surface area contributed by atoms with Gasteiger partial charge < -0.3 is 0 Å². The van der Waals surface area contributed by atoms with E-state index < -0.39 is 16.9 Å². The van der Waals surface area contributed by atoms with E-state index in [1.165, 1.54) is 59.8 Å². The molecule has 0 bridgehead atoms. The maximum atomic E-state index is 6.60. The van der Waals surface area contributed by atoms with Crippen LogP contribution in [0.2, 0.25) is 10.0 Å². The van der Waals surface area contributed by atoms with Crippen LogP contribution in [0.4, 0.5) is 0 Å². The van der Waals surface area contributed by atoms with Gasteiger partial charge in [0.2, 0.25) is 0 Å². The van der Waals surface area contributed by atoms with Crippen LogP contribution in [0, 0.1) is 0 Å². The van der Waals surface area contributed by atoms with Crippen molar-refractivity contribution in [2.75, 3.05) is 23.0 Å². The summed E-state index contributed by atoms with van der Waals surface area (Å²) in [7, 11) is -1.36. The van der Waals surface area contributed by atoms with Gasteiger partial charge in [0, 0.05) is 21.6 Å². The lowest BCUT2D eigenvalue weighted by Crippen LogP contribution is -2.02. The molecule has 0 nitrogen and oxygen atoms in total. The Morgan fingerprint density at radius 2 is 1.05 bits per heavy atom. The summed E-state index contributed by atoms with van der Waals surface area (Å²) < 4.78 is 0. The topological polar surface area (TPSA) is 0 Å². The van der Waals surface area contributed by atoms with E-state index in [9.17, 15) is 0 Å². The molecule has 0 radical (unpaired) electrons. The van der Waals surface area contributed by atoms with Gasteiger partial charge in [0.05, 0.1) is 0 Å². The molecule has 2 aliphatic heterocycles. The number of halogens is 4. The van der Waals surface area contributed by atoms with Crippen LogP contribution >= 0.6 is 69.8 Å². The molecular weight excluding hydrogens is 487 g/mol. The van der Waals surface area contributed by atoms with Crippen LogP contribution < -0.4 is 0 Å². The van der Waals surface area contributed by atoms with Gasteiger partial charge in [-0.25, -0.2) is 0 Å². The molecule has 0 aromatic heterocycles. The van der Waals surface area contributed by atoms with Crippen molar-refractivity contribution in [1.82, 2.24) is 0 Å². The Bertz CT molecular complexity index is 504. The third-order valence-electron chi connectivity index (χ3n) is 4.58. The zero-order valence-electron chi connectivity index (χ0n) is 12.6. The summed E-state index contributed by atoms with van der Waals surface area (Å²) in [5.41, 5.74) is 2.46. The second-order valence-electron chi connectivity index (χ2n) is 6.43. The highest BCUT2D eigenvalue weighted by molar-refractivity contribution is 9.58. The van der Waals surface area contributed by atoms with E-state index in [4.69, 9.17) is 23.2 Å². The van der Waals surface area contributed by atoms with E-state index in [0.29, 0.717) is 0 Å². The minimum absolute atomic E-state index is 0.678. The second kappa shape index (κ2) is 7.37. The van der Waals surface area contributed by atoms with Crippen LogP contribution in [0.3, 0.4) is 0 Å².